The van der Waals surface area contributed by atoms with Crippen molar-refractivity contribution in [3.8, 4) is 0 Å². The fraction of sp³-hybridized carbons (Fsp3) is 0.667. The number of aliphatic carboxylic acids is 1. The van der Waals surface area contributed by atoms with Gasteiger partial charge in [0.25, 0.3) is 0 Å². The molecule has 0 bridgehead atoms. The molecule has 21 heavy (non-hydrogen) atoms. The quantitative estimate of drug-likeness (QED) is 0.660. The minimum Gasteiger partial charge on any atom is -0.480 e. The van der Waals surface area contributed by atoms with Crippen LogP contribution in [0.3, 0.4) is 0 Å². The van der Waals surface area contributed by atoms with E-state index in [-0.39, 0.29) is 12.3 Å². The molecule has 0 aliphatic heterocycles. The fourth-order valence-electron chi connectivity index (χ4n) is 3.44. The van der Waals surface area contributed by atoms with Gasteiger partial charge in [0.15, 0.2) is 5.41 Å². The minimum absolute atomic E-state index is 0.122. The summed E-state index contributed by atoms with van der Waals surface area (Å²) in [4.78, 5) is 24.4. The molecule has 1 aromatic rings. The second-order valence-electron chi connectivity index (χ2n) is 5.83. The van der Waals surface area contributed by atoms with Gasteiger partial charge in [0.2, 0.25) is 0 Å². The molecule has 0 amide bonds. The van der Waals surface area contributed by atoms with Crippen molar-refractivity contribution in [3.05, 3.63) is 17.5 Å². The molecule has 1 aliphatic rings. The summed E-state index contributed by atoms with van der Waals surface area (Å²) in [5, 5.41) is 14.1. The third-order valence-corrected chi connectivity index (χ3v) is 4.54. The van der Waals surface area contributed by atoms with Crippen molar-refractivity contribution in [3.63, 3.8) is 0 Å². The molecule has 1 fully saturated rings. The van der Waals surface area contributed by atoms with Gasteiger partial charge in [-0.1, -0.05) is 12.8 Å². The van der Waals surface area contributed by atoms with Gasteiger partial charge in [0.1, 0.15) is 0 Å². The zero-order valence-electron chi connectivity index (χ0n) is 12.8. The summed E-state index contributed by atoms with van der Waals surface area (Å²) in [6.45, 7) is 1.85. The normalized spacial score (nSPS) is 18.4. The molecular formula is C15H22N2O4. The molecule has 0 radical (unpaired) electrons. The molecule has 1 saturated carbocycles. The molecule has 6 nitrogen and oxygen atoms in total. The number of hydrogen-bond acceptors (Lipinski definition) is 4. The molecule has 1 aromatic heterocycles. The van der Waals surface area contributed by atoms with E-state index in [1.54, 1.807) is 11.7 Å². The monoisotopic (exact) mass is 294 g/mol. The Kier molecular flexibility index (Phi) is 4.34. The number of esters is 1. The van der Waals surface area contributed by atoms with Crippen molar-refractivity contribution < 1.29 is 19.4 Å². The highest BCUT2D eigenvalue weighted by atomic mass is 16.5. The lowest BCUT2D eigenvalue weighted by atomic mass is 9.71. The standard InChI is InChI=1S/C15H22N2O4/c1-10-8-12(17(2)16-10)9-15(13(18)19,14(20)21-3)11-6-4-5-7-11/h8,11H,4-7,9H2,1-3H3,(H,18,19). The summed E-state index contributed by atoms with van der Waals surface area (Å²) in [5.41, 5.74) is 0.0427. The number of rotatable bonds is 5. The van der Waals surface area contributed by atoms with Gasteiger partial charge in [0, 0.05) is 19.2 Å². The third-order valence-electron chi connectivity index (χ3n) is 4.54. The highest BCUT2D eigenvalue weighted by Gasteiger charge is 2.54. The minimum atomic E-state index is -1.51. The van der Waals surface area contributed by atoms with Crippen molar-refractivity contribution in [1.29, 1.82) is 0 Å². The summed E-state index contributed by atoms with van der Waals surface area (Å²) in [5.74, 6) is -1.93. The smallest absolute Gasteiger partial charge is 0.323 e. The maximum Gasteiger partial charge on any atom is 0.323 e. The number of carbonyl (C=O) groups excluding carboxylic acids is 1. The van der Waals surface area contributed by atoms with E-state index in [0.29, 0.717) is 0 Å². The summed E-state index contributed by atoms with van der Waals surface area (Å²) in [6, 6.07) is 1.83. The van der Waals surface area contributed by atoms with Gasteiger partial charge in [-0.25, -0.2) is 0 Å². The molecule has 0 aromatic carbocycles. The Morgan fingerprint density at radius 2 is 2.10 bits per heavy atom. The predicted octanol–water partition coefficient (Wildman–Crippen LogP) is 1.71. The Hall–Kier alpha value is -1.85. The van der Waals surface area contributed by atoms with E-state index in [1.165, 1.54) is 7.11 Å². The molecule has 116 valence electrons. The number of carboxylic acids is 1. The largest absolute Gasteiger partial charge is 0.480 e. The van der Waals surface area contributed by atoms with E-state index in [2.05, 4.69) is 5.10 Å². The molecule has 1 atom stereocenters. The number of aryl methyl sites for hydroxylation is 2. The van der Waals surface area contributed by atoms with Gasteiger partial charge in [-0.15, -0.1) is 0 Å². The Bertz CT molecular complexity index is 546. The van der Waals surface area contributed by atoms with Crippen LogP contribution in [0.4, 0.5) is 0 Å². The number of carbonyl (C=O) groups is 2. The molecule has 6 heteroatoms. The molecule has 0 spiro atoms. The van der Waals surface area contributed by atoms with Gasteiger partial charge in [-0.3, -0.25) is 14.3 Å². The van der Waals surface area contributed by atoms with Crippen LogP contribution in [-0.2, 0) is 27.8 Å². The van der Waals surface area contributed by atoms with Crippen LogP contribution in [0.2, 0.25) is 0 Å². The summed E-state index contributed by atoms with van der Waals surface area (Å²) in [7, 11) is 3.02. The lowest BCUT2D eigenvalue weighted by molar-refractivity contribution is -0.171. The lowest BCUT2D eigenvalue weighted by Crippen LogP contribution is -2.48. The number of nitrogens with zero attached hydrogens (tertiary/aromatic N) is 2. The van der Waals surface area contributed by atoms with E-state index in [0.717, 1.165) is 37.1 Å². The highest BCUT2D eigenvalue weighted by molar-refractivity contribution is 5.99. The van der Waals surface area contributed by atoms with Crippen LogP contribution in [0.5, 0.6) is 0 Å². The first kappa shape index (κ1) is 15.5. The first-order valence-corrected chi connectivity index (χ1v) is 7.23. The average molecular weight is 294 g/mol. The zero-order chi connectivity index (χ0) is 15.6. The van der Waals surface area contributed by atoms with Gasteiger partial charge in [-0.05, 0) is 31.7 Å². The van der Waals surface area contributed by atoms with Crippen LogP contribution < -0.4 is 0 Å². The molecule has 2 rings (SSSR count). The summed E-state index contributed by atoms with van der Waals surface area (Å²) >= 11 is 0. The van der Waals surface area contributed by atoms with Crippen molar-refractivity contribution >= 4 is 11.9 Å². The zero-order valence-corrected chi connectivity index (χ0v) is 12.8. The SMILES string of the molecule is COC(=O)C(Cc1cc(C)nn1C)(C(=O)O)C1CCCC1. The maximum atomic E-state index is 12.4. The van der Waals surface area contributed by atoms with Crippen LogP contribution >= 0.6 is 0 Å². The van der Waals surface area contributed by atoms with Crippen LogP contribution in [0, 0.1) is 18.3 Å². The van der Waals surface area contributed by atoms with E-state index in [9.17, 15) is 14.7 Å². The predicted molar refractivity (Wildman–Crippen MR) is 75.7 cm³/mol. The van der Waals surface area contributed by atoms with E-state index < -0.39 is 17.4 Å². The Labute approximate surface area is 124 Å². The number of carboxylic acid groups (broad SMARTS) is 1. The molecule has 1 heterocycles. The fourth-order valence-corrected chi connectivity index (χ4v) is 3.44. The highest BCUT2D eigenvalue weighted by Crippen LogP contribution is 2.43. The third kappa shape index (κ3) is 2.66. The van der Waals surface area contributed by atoms with Crippen molar-refractivity contribution in [2.24, 2.45) is 18.4 Å². The Balaban J connectivity index is 2.45. The first-order valence-electron chi connectivity index (χ1n) is 7.23. The van der Waals surface area contributed by atoms with Gasteiger partial charge in [0.05, 0.1) is 12.8 Å². The number of ether oxygens (including phenoxy) is 1. The van der Waals surface area contributed by atoms with Gasteiger partial charge in [-0.2, -0.15) is 5.10 Å². The van der Waals surface area contributed by atoms with E-state index in [4.69, 9.17) is 4.74 Å². The van der Waals surface area contributed by atoms with Crippen LogP contribution in [0.15, 0.2) is 6.07 Å². The number of hydrogen-bond donors (Lipinski definition) is 1. The van der Waals surface area contributed by atoms with E-state index in [1.807, 2.05) is 13.0 Å². The summed E-state index contributed by atoms with van der Waals surface area (Å²) < 4.78 is 6.50. The number of methoxy groups -OCH3 is 1. The van der Waals surface area contributed by atoms with Crippen molar-refractivity contribution in [2.45, 2.75) is 39.0 Å². The average Bonchev–Trinajstić information content (AvgIpc) is 3.05. The molecule has 1 unspecified atom stereocenters. The van der Waals surface area contributed by atoms with Crippen molar-refractivity contribution in [2.75, 3.05) is 7.11 Å². The Morgan fingerprint density at radius 3 is 2.52 bits per heavy atom. The first-order chi connectivity index (χ1) is 9.91. The lowest BCUT2D eigenvalue weighted by Gasteiger charge is -2.32. The van der Waals surface area contributed by atoms with E-state index >= 15 is 0 Å². The second-order valence-corrected chi connectivity index (χ2v) is 5.83. The number of aromatic nitrogens is 2. The van der Waals surface area contributed by atoms with Crippen LogP contribution in [0.1, 0.15) is 37.1 Å². The van der Waals surface area contributed by atoms with Gasteiger partial charge < -0.3 is 9.84 Å². The summed E-state index contributed by atoms with van der Waals surface area (Å²) in [6.07, 6.45) is 3.54. The molecule has 1 N–H and O–H groups in total. The van der Waals surface area contributed by atoms with Gasteiger partial charge >= 0.3 is 11.9 Å². The second kappa shape index (κ2) is 5.87. The van der Waals surface area contributed by atoms with Crippen LogP contribution in [0.25, 0.3) is 0 Å². The van der Waals surface area contributed by atoms with Crippen LogP contribution in [-0.4, -0.2) is 33.9 Å². The molecular weight excluding hydrogens is 272 g/mol. The topological polar surface area (TPSA) is 81.4 Å². The maximum absolute atomic E-state index is 12.4. The molecule has 1 aliphatic carbocycles. The van der Waals surface area contributed by atoms with Crippen molar-refractivity contribution in [1.82, 2.24) is 9.78 Å². The molecule has 0 saturated heterocycles. The Morgan fingerprint density at radius 1 is 1.48 bits per heavy atom.